The van der Waals surface area contributed by atoms with Crippen LogP contribution in [0, 0.1) is 0 Å². The van der Waals surface area contributed by atoms with Crippen molar-refractivity contribution in [3.8, 4) is 0 Å². The van der Waals surface area contributed by atoms with E-state index in [4.69, 9.17) is 11.6 Å². The van der Waals surface area contributed by atoms with Crippen molar-refractivity contribution in [3.63, 3.8) is 0 Å². The Labute approximate surface area is 78.3 Å². The number of nitrogens with zero attached hydrogens (tertiary/aromatic N) is 1. The van der Waals surface area contributed by atoms with Gasteiger partial charge >= 0.3 is 0 Å². The van der Waals surface area contributed by atoms with Crippen LogP contribution in [0.2, 0.25) is 0 Å². The Kier molecular flexibility index (Phi) is 3.30. The van der Waals surface area contributed by atoms with Gasteiger partial charge in [0.2, 0.25) is 0 Å². The number of hydrogen-bond donors (Lipinski definition) is 1. The quantitative estimate of drug-likeness (QED) is 0.798. The second-order valence-electron chi connectivity index (χ2n) is 2.07. The van der Waals surface area contributed by atoms with E-state index in [2.05, 4.69) is 20.9 Å². The molecule has 1 rings (SSSR count). The highest BCUT2D eigenvalue weighted by atomic mass is 79.9. The molecule has 0 aromatic carbocycles. The summed E-state index contributed by atoms with van der Waals surface area (Å²) in [6.07, 6.45) is 2.63. The second-order valence-corrected chi connectivity index (χ2v) is 3.23. The maximum Gasteiger partial charge on any atom is 0.0937 e. The number of aliphatic hydroxyl groups is 1. The van der Waals surface area contributed by atoms with Gasteiger partial charge in [-0.25, -0.2) is 0 Å². The predicted molar refractivity (Wildman–Crippen MR) is 47.6 cm³/mol. The smallest absolute Gasteiger partial charge is 0.0937 e. The lowest BCUT2D eigenvalue weighted by Crippen LogP contribution is -1.99. The average molecular weight is 236 g/mol. The average Bonchev–Trinajstić information content (AvgIpc) is 2.04. The maximum atomic E-state index is 9.32. The van der Waals surface area contributed by atoms with Crippen molar-refractivity contribution in [1.82, 2.24) is 4.98 Å². The molecular weight excluding hydrogens is 229 g/mol. The fourth-order valence-corrected chi connectivity index (χ4v) is 1.42. The van der Waals surface area contributed by atoms with Crippen molar-refractivity contribution in [2.75, 3.05) is 5.88 Å². The Balaban J connectivity index is 2.93. The molecule has 11 heavy (non-hydrogen) atoms. The Morgan fingerprint density at radius 3 is 3.00 bits per heavy atom. The second kappa shape index (κ2) is 4.04. The first kappa shape index (κ1) is 8.97. The summed E-state index contributed by atoms with van der Waals surface area (Å²) in [6, 6.07) is 1.73. The highest BCUT2D eigenvalue weighted by Gasteiger charge is 2.08. The minimum atomic E-state index is -0.617. The zero-order valence-electron chi connectivity index (χ0n) is 5.67. The molecule has 0 amide bonds. The molecule has 1 N–H and O–H groups in total. The lowest BCUT2D eigenvalue weighted by atomic mass is 10.2. The summed E-state index contributed by atoms with van der Waals surface area (Å²) in [6.45, 7) is 0. The van der Waals surface area contributed by atoms with E-state index in [9.17, 15) is 5.11 Å². The molecule has 2 nitrogen and oxygen atoms in total. The monoisotopic (exact) mass is 235 g/mol. The van der Waals surface area contributed by atoms with Gasteiger partial charge in [0.25, 0.3) is 0 Å². The van der Waals surface area contributed by atoms with E-state index in [1.165, 1.54) is 0 Å². The molecule has 1 aromatic heterocycles. The topological polar surface area (TPSA) is 33.1 Å². The number of aromatic nitrogens is 1. The molecule has 60 valence electrons. The normalized spacial score (nSPS) is 13.0. The first-order chi connectivity index (χ1) is 5.25. The first-order valence-electron chi connectivity index (χ1n) is 3.09. The highest BCUT2D eigenvalue weighted by Crippen LogP contribution is 2.22. The van der Waals surface area contributed by atoms with Crippen LogP contribution in [-0.4, -0.2) is 16.0 Å². The van der Waals surface area contributed by atoms with E-state index >= 15 is 0 Å². The number of halogens is 2. The zero-order valence-corrected chi connectivity index (χ0v) is 8.01. The van der Waals surface area contributed by atoms with Gasteiger partial charge < -0.3 is 5.11 Å². The van der Waals surface area contributed by atoms with Gasteiger partial charge in [0, 0.05) is 16.9 Å². The number of aliphatic hydroxyl groups excluding tert-OH is 1. The molecule has 0 saturated carbocycles. The van der Waals surface area contributed by atoms with Gasteiger partial charge in [-0.05, 0) is 27.6 Å². The number of pyridine rings is 1. The summed E-state index contributed by atoms with van der Waals surface area (Å²) in [4.78, 5) is 3.86. The summed E-state index contributed by atoms with van der Waals surface area (Å²) in [5, 5.41) is 9.32. The Morgan fingerprint density at radius 1 is 1.73 bits per heavy atom. The predicted octanol–water partition coefficient (Wildman–Crippen LogP) is 2.12. The van der Waals surface area contributed by atoms with Gasteiger partial charge in [-0.1, -0.05) is 0 Å². The largest absolute Gasteiger partial charge is 0.387 e. The van der Waals surface area contributed by atoms with Crippen LogP contribution in [0.25, 0.3) is 0 Å². The summed E-state index contributed by atoms with van der Waals surface area (Å²) in [5.41, 5.74) is 0.773. The van der Waals surface area contributed by atoms with Crippen molar-refractivity contribution in [3.05, 3.63) is 28.5 Å². The van der Waals surface area contributed by atoms with Crippen LogP contribution >= 0.6 is 27.5 Å². The Morgan fingerprint density at radius 2 is 2.45 bits per heavy atom. The van der Waals surface area contributed by atoms with Crippen molar-refractivity contribution >= 4 is 27.5 Å². The molecule has 0 saturated heterocycles. The fraction of sp³-hybridized carbons (Fsp3) is 0.286. The minimum Gasteiger partial charge on any atom is -0.387 e. The summed E-state index contributed by atoms with van der Waals surface area (Å²) in [7, 11) is 0. The molecule has 0 fully saturated rings. The summed E-state index contributed by atoms with van der Waals surface area (Å²) >= 11 is 8.72. The number of rotatable bonds is 2. The zero-order chi connectivity index (χ0) is 8.27. The van der Waals surface area contributed by atoms with E-state index < -0.39 is 6.10 Å². The molecule has 0 radical (unpaired) electrons. The van der Waals surface area contributed by atoms with Crippen molar-refractivity contribution < 1.29 is 5.11 Å². The van der Waals surface area contributed by atoms with E-state index in [0.29, 0.717) is 0 Å². The third-order valence-corrected chi connectivity index (χ3v) is 2.26. The molecule has 0 aliphatic carbocycles. The molecule has 0 aliphatic rings. The molecule has 0 spiro atoms. The SMILES string of the molecule is OC(CCl)c1ccncc1Br. The van der Waals surface area contributed by atoms with E-state index in [-0.39, 0.29) is 5.88 Å². The minimum absolute atomic E-state index is 0.197. The molecule has 1 atom stereocenters. The molecule has 1 aromatic rings. The van der Waals surface area contributed by atoms with Gasteiger partial charge in [0.05, 0.1) is 12.0 Å². The Hall–Kier alpha value is -0.120. The van der Waals surface area contributed by atoms with Crippen LogP contribution in [0.4, 0.5) is 0 Å². The fourth-order valence-electron chi connectivity index (χ4n) is 0.739. The molecular formula is C7H7BrClNO. The van der Waals surface area contributed by atoms with E-state index in [0.717, 1.165) is 10.0 Å². The van der Waals surface area contributed by atoms with Gasteiger partial charge in [-0.3, -0.25) is 4.98 Å². The Bertz CT molecular complexity index is 244. The van der Waals surface area contributed by atoms with Crippen LogP contribution in [0.3, 0.4) is 0 Å². The van der Waals surface area contributed by atoms with Gasteiger partial charge in [0.15, 0.2) is 0 Å². The first-order valence-corrected chi connectivity index (χ1v) is 4.42. The van der Waals surface area contributed by atoms with Crippen LogP contribution in [0.5, 0.6) is 0 Å². The molecule has 0 aliphatic heterocycles. The molecule has 4 heteroatoms. The third-order valence-electron chi connectivity index (χ3n) is 1.31. The lowest BCUT2D eigenvalue weighted by molar-refractivity contribution is 0.202. The molecule has 0 bridgehead atoms. The van der Waals surface area contributed by atoms with Crippen molar-refractivity contribution in [2.45, 2.75) is 6.10 Å². The van der Waals surface area contributed by atoms with Crippen LogP contribution in [0.1, 0.15) is 11.7 Å². The maximum absolute atomic E-state index is 9.32. The van der Waals surface area contributed by atoms with E-state index in [1.54, 1.807) is 18.5 Å². The highest BCUT2D eigenvalue weighted by molar-refractivity contribution is 9.10. The number of alkyl halides is 1. The third kappa shape index (κ3) is 2.15. The lowest BCUT2D eigenvalue weighted by Gasteiger charge is -2.07. The van der Waals surface area contributed by atoms with Gasteiger partial charge in [-0.2, -0.15) is 0 Å². The van der Waals surface area contributed by atoms with Crippen molar-refractivity contribution in [2.24, 2.45) is 0 Å². The summed E-state index contributed by atoms with van der Waals surface area (Å²) in [5.74, 6) is 0.197. The van der Waals surface area contributed by atoms with Gasteiger partial charge in [-0.15, -0.1) is 11.6 Å². The van der Waals surface area contributed by atoms with Crippen LogP contribution < -0.4 is 0 Å². The summed E-state index contributed by atoms with van der Waals surface area (Å²) < 4.78 is 0.785. The van der Waals surface area contributed by atoms with Crippen LogP contribution in [0.15, 0.2) is 22.9 Å². The van der Waals surface area contributed by atoms with Crippen LogP contribution in [-0.2, 0) is 0 Å². The molecule has 1 unspecified atom stereocenters. The van der Waals surface area contributed by atoms with Crippen molar-refractivity contribution in [1.29, 1.82) is 0 Å². The number of hydrogen-bond acceptors (Lipinski definition) is 2. The van der Waals surface area contributed by atoms with Gasteiger partial charge in [0.1, 0.15) is 0 Å². The molecule has 1 heterocycles. The standard InChI is InChI=1S/C7H7BrClNO/c8-6-4-10-2-1-5(6)7(11)3-9/h1-2,4,7,11H,3H2. The van der Waals surface area contributed by atoms with E-state index in [1.807, 2.05) is 0 Å².